The highest BCUT2D eigenvalue weighted by atomic mass is 79.9. The van der Waals surface area contributed by atoms with Gasteiger partial charge in [0.25, 0.3) is 0 Å². The van der Waals surface area contributed by atoms with Gasteiger partial charge in [-0.1, -0.05) is 34.1 Å². The van der Waals surface area contributed by atoms with Crippen LogP contribution in [-0.4, -0.2) is 23.6 Å². The Morgan fingerprint density at radius 2 is 1.78 bits per heavy atom. The SMILES string of the molecule is Brc1ccccc1C1CC(NC2CCSCC2)C1. The lowest BCUT2D eigenvalue weighted by Gasteiger charge is -2.40. The Bertz CT molecular complexity index is 397. The van der Waals surface area contributed by atoms with Crippen LogP contribution in [0.1, 0.15) is 37.2 Å². The van der Waals surface area contributed by atoms with Gasteiger partial charge in [0.2, 0.25) is 0 Å². The van der Waals surface area contributed by atoms with E-state index < -0.39 is 0 Å². The van der Waals surface area contributed by atoms with Crippen LogP contribution >= 0.6 is 27.7 Å². The fourth-order valence-electron chi connectivity index (χ4n) is 3.01. The van der Waals surface area contributed by atoms with E-state index in [1.165, 1.54) is 47.2 Å². The van der Waals surface area contributed by atoms with Gasteiger partial charge in [0.15, 0.2) is 0 Å². The maximum Gasteiger partial charge on any atom is 0.0210 e. The molecule has 0 bridgehead atoms. The normalized spacial score (nSPS) is 28.9. The van der Waals surface area contributed by atoms with E-state index >= 15 is 0 Å². The summed E-state index contributed by atoms with van der Waals surface area (Å²) in [5.74, 6) is 3.45. The standard InChI is InChI=1S/C15H20BrNS/c16-15-4-2-1-3-14(15)11-9-13(10-11)17-12-5-7-18-8-6-12/h1-4,11-13,17H,5-10H2. The monoisotopic (exact) mass is 325 g/mol. The quantitative estimate of drug-likeness (QED) is 0.894. The smallest absolute Gasteiger partial charge is 0.0210 e. The number of nitrogens with one attached hydrogen (secondary N) is 1. The zero-order chi connectivity index (χ0) is 12.4. The molecule has 3 heteroatoms. The van der Waals surface area contributed by atoms with Crippen molar-refractivity contribution in [3.63, 3.8) is 0 Å². The van der Waals surface area contributed by atoms with Crippen molar-refractivity contribution in [1.29, 1.82) is 0 Å². The van der Waals surface area contributed by atoms with Crippen molar-refractivity contribution in [2.24, 2.45) is 0 Å². The van der Waals surface area contributed by atoms with E-state index in [2.05, 4.69) is 57.3 Å². The minimum absolute atomic E-state index is 0.759. The Kier molecular flexibility index (Phi) is 4.32. The topological polar surface area (TPSA) is 12.0 Å². The van der Waals surface area contributed by atoms with Gasteiger partial charge in [-0.3, -0.25) is 0 Å². The summed E-state index contributed by atoms with van der Waals surface area (Å²) in [6, 6.07) is 10.2. The number of rotatable bonds is 3. The molecule has 0 aromatic heterocycles. The first-order chi connectivity index (χ1) is 8.83. The van der Waals surface area contributed by atoms with Gasteiger partial charge in [-0.25, -0.2) is 0 Å². The second kappa shape index (κ2) is 5.98. The number of benzene rings is 1. The summed E-state index contributed by atoms with van der Waals surface area (Å²) in [6.45, 7) is 0. The van der Waals surface area contributed by atoms with Gasteiger partial charge < -0.3 is 5.32 Å². The van der Waals surface area contributed by atoms with Crippen LogP contribution in [0, 0.1) is 0 Å². The highest BCUT2D eigenvalue weighted by molar-refractivity contribution is 9.10. The molecule has 3 rings (SSSR count). The van der Waals surface area contributed by atoms with E-state index in [9.17, 15) is 0 Å². The van der Waals surface area contributed by atoms with Crippen molar-refractivity contribution < 1.29 is 0 Å². The van der Waals surface area contributed by atoms with Crippen LogP contribution < -0.4 is 5.32 Å². The molecular formula is C15H20BrNS. The van der Waals surface area contributed by atoms with E-state index in [4.69, 9.17) is 0 Å². The molecule has 1 aromatic rings. The Morgan fingerprint density at radius 3 is 2.50 bits per heavy atom. The Morgan fingerprint density at radius 1 is 1.06 bits per heavy atom. The van der Waals surface area contributed by atoms with Crippen molar-refractivity contribution in [2.75, 3.05) is 11.5 Å². The fraction of sp³-hybridized carbons (Fsp3) is 0.600. The molecule has 0 unspecified atom stereocenters. The average molecular weight is 326 g/mol. The number of hydrogen-bond donors (Lipinski definition) is 1. The molecule has 1 saturated carbocycles. The van der Waals surface area contributed by atoms with Crippen molar-refractivity contribution in [2.45, 2.75) is 43.7 Å². The van der Waals surface area contributed by atoms with Crippen molar-refractivity contribution in [3.05, 3.63) is 34.3 Å². The van der Waals surface area contributed by atoms with Gasteiger partial charge in [0.1, 0.15) is 0 Å². The van der Waals surface area contributed by atoms with E-state index in [1.54, 1.807) is 0 Å². The summed E-state index contributed by atoms with van der Waals surface area (Å²) >= 11 is 5.77. The molecule has 0 spiro atoms. The van der Waals surface area contributed by atoms with Gasteiger partial charge >= 0.3 is 0 Å². The van der Waals surface area contributed by atoms with Crippen LogP contribution in [-0.2, 0) is 0 Å². The molecule has 2 aliphatic rings. The highest BCUT2D eigenvalue weighted by Crippen LogP contribution is 2.40. The molecule has 0 atom stereocenters. The molecule has 98 valence electrons. The number of hydrogen-bond acceptors (Lipinski definition) is 2. The predicted molar refractivity (Wildman–Crippen MR) is 83.4 cm³/mol. The molecule has 0 amide bonds. The van der Waals surface area contributed by atoms with Crippen molar-refractivity contribution in [3.8, 4) is 0 Å². The van der Waals surface area contributed by atoms with E-state index in [0.29, 0.717) is 0 Å². The Hall–Kier alpha value is 0.01000. The molecule has 1 aromatic carbocycles. The Balaban J connectivity index is 1.49. The molecule has 1 saturated heterocycles. The summed E-state index contributed by atoms with van der Waals surface area (Å²) < 4.78 is 1.28. The minimum Gasteiger partial charge on any atom is -0.311 e. The number of halogens is 1. The third-order valence-corrected chi connectivity index (χ3v) is 5.95. The average Bonchev–Trinajstić information content (AvgIpc) is 2.36. The van der Waals surface area contributed by atoms with Crippen LogP contribution in [0.5, 0.6) is 0 Å². The molecule has 1 heterocycles. The zero-order valence-corrected chi connectivity index (χ0v) is 13.0. The molecule has 1 N–H and O–H groups in total. The molecule has 0 radical (unpaired) electrons. The van der Waals surface area contributed by atoms with Gasteiger partial charge in [-0.05, 0) is 54.7 Å². The van der Waals surface area contributed by atoms with E-state index in [-0.39, 0.29) is 0 Å². The lowest BCUT2D eigenvalue weighted by Crippen LogP contribution is -2.46. The number of thioether (sulfide) groups is 1. The van der Waals surface area contributed by atoms with Crippen LogP contribution in [0.2, 0.25) is 0 Å². The summed E-state index contributed by atoms with van der Waals surface area (Å²) in [6.07, 6.45) is 5.35. The van der Waals surface area contributed by atoms with Crippen LogP contribution in [0.15, 0.2) is 28.7 Å². The lowest BCUT2D eigenvalue weighted by atomic mass is 9.75. The summed E-state index contributed by atoms with van der Waals surface area (Å²) in [5.41, 5.74) is 1.50. The third-order valence-electron chi connectivity index (χ3n) is 4.18. The van der Waals surface area contributed by atoms with Gasteiger partial charge in [-0.2, -0.15) is 11.8 Å². The fourth-order valence-corrected chi connectivity index (χ4v) is 4.73. The first-order valence-corrected chi connectivity index (χ1v) is 8.86. The first-order valence-electron chi connectivity index (χ1n) is 6.91. The second-order valence-corrected chi connectivity index (χ2v) is 7.52. The zero-order valence-electron chi connectivity index (χ0n) is 10.6. The van der Waals surface area contributed by atoms with Gasteiger partial charge in [0, 0.05) is 16.6 Å². The van der Waals surface area contributed by atoms with Crippen LogP contribution in [0.25, 0.3) is 0 Å². The van der Waals surface area contributed by atoms with Gasteiger partial charge in [0.05, 0.1) is 0 Å². The van der Waals surface area contributed by atoms with Gasteiger partial charge in [-0.15, -0.1) is 0 Å². The van der Waals surface area contributed by atoms with E-state index in [1.807, 2.05) is 0 Å². The van der Waals surface area contributed by atoms with Crippen molar-refractivity contribution in [1.82, 2.24) is 5.32 Å². The molecule has 2 fully saturated rings. The van der Waals surface area contributed by atoms with Crippen LogP contribution in [0.4, 0.5) is 0 Å². The van der Waals surface area contributed by atoms with Crippen molar-refractivity contribution >= 4 is 27.7 Å². The van der Waals surface area contributed by atoms with E-state index in [0.717, 1.165) is 18.0 Å². The molecular weight excluding hydrogens is 306 g/mol. The Labute approximate surface area is 122 Å². The third kappa shape index (κ3) is 2.94. The first kappa shape index (κ1) is 13.0. The van der Waals surface area contributed by atoms with Crippen LogP contribution in [0.3, 0.4) is 0 Å². The largest absolute Gasteiger partial charge is 0.311 e. The maximum absolute atomic E-state index is 3.85. The second-order valence-electron chi connectivity index (χ2n) is 5.44. The summed E-state index contributed by atoms with van der Waals surface area (Å²) in [7, 11) is 0. The molecule has 18 heavy (non-hydrogen) atoms. The minimum atomic E-state index is 0.759. The summed E-state index contributed by atoms with van der Waals surface area (Å²) in [4.78, 5) is 0. The predicted octanol–water partition coefficient (Wildman–Crippen LogP) is 4.18. The highest BCUT2D eigenvalue weighted by Gasteiger charge is 2.32. The molecule has 1 aliphatic heterocycles. The maximum atomic E-state index is 3.85. The summed E-state index contributed by atoms with van der Waals surface area (Å²) in [5, 5.41) is 3.85. The molecule has 1 aliphatic carbocycles. The lowest BCUT2D eigenvalue weighted by molar-refractivity contribution is 0.258. The molecule has 1 nitrogen and oxygen atoms in total.